The van der Waals surface area contributed by atoms with Crippen LogP contribution in [0.2, 0.25) is 0 Å². The van der Waals surface area contributed by atoms with E-state index in [1.54, 1.807) is 42.5 Å². The predicted molar refractivity (Wildman–Crippen MR) is 148 cm³/mol. The van der Waals surface area contributed by atoms with E-state index in [0.717, 1.165) is 22.3 Å². The molecule has 1 aliphatic heterocycles. The Hall–Kier alpha value is -4.71. The normalized spacial score (nSPS) is 13.1. The molecule has 0 aromatic heterocycles. The maximum absolute atomic E-state index is 15.2. The second kappa shape index (κ2) is 10.7. The van der Waals surface area contributed by atoms with Crippen LogP contribution in [0, 0.1) is 12.7 Å². The van der Waals surface area contributed by atoms with E-state index in [4.69, 9.17) is 5.11 Å². The van der Waals surface area contributed by atoms with Gasteiger partial charge in [-0.15, -0.1) is 0 Å². The number of nitrogens with one attached hydrogen (secondary N) is 1. The topological polar surface area (TPSA) is 86.6 Å². The number of phenolic OH excluding ortho intramolecular Hbond substituents is 1. The van der Waals surface area contributed by atoms with E-state index in [9.17, 15) is 14.7 Å². The third kappa shape index (κ3) is 5.20. The number of aromatic hydroxyl groups is 1. The van der Waals surface area contributed by atoms with Gasteiger partial charge in [0.1, 0.15) is 11.6 Å². The molecule has 4 aromatic carbocycles. The number of carbonyl (C=O) groups excluding carboxylic acids is 1. The zero-order chi connectivity index (χ0) is 26.1. The lowest BCUT2D eigenvalue weighted by Crippen LogP contribution is -2.04. The minimum absolute atomic E-state index is 0. The fraction of sp³-hybridized carbons (Fsp3) is 0.125. The van der Waals surface area contributed by atoms with E-state index in [0.29, 0.717) is 39.9 Å². The molecule has 5 rings (SSSR count). The molecule has 0 radical (unpaired) electrons. The predicted octanol–water partition coefficient (Wildman–Crippen LogP) is 7.02. The molecule has 5 nitrogen and oxygen atoms in total. The van der Waals surface area contributed by atoms with Crippen molar-refractivity contribution in [1.82, 2.24) is 0 Å². The molecule has 0 atom stereocenters. The molecule has 0 fully saturated rings. The van der Waals surface area contributed by atoms with Crippen molar-refractivity contribution in [3.63, 3.8) is 0 Å². The third-order valence-electron chi connectivity index (χ3n) is 6.58. The molecule has 192 valence electrons. The monoisotopic (exact) mass is 509 g/mol. The van der Waals surface area contributed by atoms with Crippen LogP contribution in [0.15, 0.2) is 84.9 Å². The van der Waals surface area contributed by atoms with Gasteiger partial charge in [-0.3, -0.25) is 9.59 Å². The number of halogens is 1. The number of para-hydroxylation sites is 1. The third-order valence-corrected chi connectivity index (χ3v) is 6.58. The summed E-state index contributed by atoms with van der Waals surface area (Å²) < 4.78 is 15.2. The number of amides is 1. The number of hydrogen-bond acceptors (Lipinski definition) is 3. The first kappa shape index (κ1) is 26.4. The number of aryl methyl sites for hydroxylation is 1. The number of allylic oxidation sites excluding steroid dienone is 1. The number of carbonyl (C=O) groups is 2. The van der Waals surface area contributed by atoms with Crippen molar-refractivity contribution >= 4 is 23.1 Å². The first-order valence-corrected chi connectivity index (χ1v) is 11.8. The number of anilines is 1. The largest absolute Gasteiger partial charge is 0.507 e. The Morgan fingerprint density at radius 1 is 0.921 bits per heavy atom. The van der Waals surface area contributed by atoms with E-state index < -0.39 is 11.8 Å². The molecule has 0 bridgehead atoms. The highest BCUT2D eigenvalue weighted by Gasteiger charge is 2.26. The van der Waals surface area contributed by atoms with E-state index in [1.165, 1.54) is 6.07 Å². The van der Waals surface area contributed by atoms with Gasteiger partial charge in [-0.1, -0.05) is 68.1 Å². The lowest BCUT2D eigenvalue weighted by molar-refractivity contribution is -0.136. The first-order chi connectivity index (χ1) is 17.8. The van der Waals surface area contributed by atoms with E-state index >= 15 is 4.39 Å². The summed E-state index contributed by atoms with van der Waals surface area (Å²) in [5.41, 5.74) is 6.32. The Balaban J connectivity index is 0.00000336. The van der Waals surface area contributed by atoms with Gasteiger partial charge in [-0.25, -0.2) is 4.39 Å². The SMILES string of the molecule is C.Cc1ccc(C/C=C2\C(=O)Nc3cc(F)c(-c4cccc(-c5ccccc5O)c4)cc32)cc1CC(=O)O. The standard InChI is InChI=1S/C31H24FNO4.CH4/c1-18-9-10-19(13-22(18)15-30(35)36)11-12-24-26-16-25(27(32)17-28(26)33-31(24)37)21-6-4-5-20(14-21)23-7-2-3-8-29(23)34;/h2-10,12-14,16-17,34H,11,15H2,1H3,(H,33,37)(H,35,36);1H4/b24-12-;. The summed E-state index contributed by atoms with van der Waals surface area (Å²) in [7, 11) is 0. The summed E-state index contributed by atoms with van der Waals surface area (Å²) in [5, 5.41) is 22.1. The molecule has 0 saturated carbocycles. The smallest absolute Gasteiger partial charge is 0.307 e. The molecule has 1 heterocycles. The van der Waals surface area contributed by atoms with Gasteiger partial charge < -0.3 is 15.5 Å². The van der Waals surface area contributed by atoms with Crippen LogP contribution in [0.1, 0.15) is 29.7 Å². The van der Waals surface area contributed by atoms with Gasteiger partial charge >= 0.3 is 5.97 Å². The van der Waals surface area contributed by atoms with Crippen molar-refractivity contribution in [2.45, 2.75) is 27.2 Å². The highest BCUT2D eigenvalue weighted by Crippen LogP contribution is 2.39. The highest BCUT2D eigenvalue weighted by molar-refractivity contribution is 6.31. The van der Waals surface area contributed by atoms with E-state index in [1.807, 2.05) is 43.3 Å². The van der Waals surface area contributed by atoms with Crippen LogP contribution in [0.25, 0.3) is 27.8 Å². The van der Waals surface area contributed by atoms with Crippen LogP contribution >= 0.6 is 0 Å². The van der Waals surface area contributed by atoms with Crippen molar-refractivity contribution in [3.05, 3.63) is 113 Å². The molecule has 0 aliphatic carbocycles. The van der Waals surface area contributed by atoms with Crippen LogP contribution in [0.3, 0.4) is 0 Å². The van der Waals surface area contributed by atoms with Gasteiger partial charge in [0.25, 0.3) is 5.91 Å². The molecule has 38 heavy (non-hydrogen) atoms. The van der Waals surface area contributed by atoms with Crippen molar-refractivity contribution < 1.29 is 24.2 Å². The minimum Gasteiger partial charge on any atom is -0.507 e. The zero-order valence-electron chi connectivity index (χ0n) is 20.1. The Morgan fingerprint density at radius 2 is 1.66 bits per heavy atom. The molecule has 6 heteroatoms. The number of rotatable bonds is 6. The van der Waals surface area contributed by atoms with Crippen LogP contribution < -0.4 is 5.32 Å². The molecule has 4 aromatic rings. The number of phenols is 1. The summed E-state index contributed by atoms with van der Waals surface area (Å²) in [4.78, 5) is 23.9. The molecule has 0 saturated heterocycles. The van der Waals surface area contributed by atoms with Gasteiger partial charge in [0.05, 0.1) is 12.1 Å². The molecule has 0 unspecified atom stereocenters. The average Bonchev–Trinajstić information content (AvgIpc) is 3.17. The summed E-state index contributed by atoms with van der Waals surface area (Å²) in [6, 6.07) is 22.8. The Morgan fingerprint density at radius 3 is 2.39 bits per heavy atom. The first-order valence-electron chi connectivity index (χ1n) is 11.8. The number of benzene rings is 4. The average molecular weight is 510 g/mol. The van der Waals surface area contributed by atoms with Gasteiger partial charge in [-0.05, 0) is 65.4 Å². The fourth-order valence-corrected chi connectivity index (χ4v) is 4.63. The maximum Gasteiger partial charge on any atom is 0.307 e. The summed E-state index contributed by atoms with van der Waals surface area (Å²) in [5.74, 6) is -1.54. The van der Waals surface area contributed by atoms with Crippen LogP contribution in [0.4, 0.5) is 10.1 Å². The zero-order valence-corrected chi connectivity index (χ0v) is 20.1. The second-order valence-corrected chi connectivity index (χ2v) is 9.08. The van der Waals surface area contributed by atoms with Crippen molar-refractivity contribution in [2.75, 3.05) is 5.32 Å². The molecule has 0 spiro atoms. The molecule has 3 N–H and O–H groups in total. The molecule has 1 amide bonds. The summed E-state index contributed by atoms with van der Waals surface area (Å²) in [6.07, 6.45) is 2.14. The Kier molecular flexibility index (Phi) is 7.44. The van der Waals surface area contributed by atoms with Crippen LogP contribution in [-0.4, -0.2) is 22.1 Å². The van der Waals surface area contributed by atoms with Crippen molar-refractivity contribution in [3.8, 4) is 28.0 Å². The van der Waals surface area contributed by atoms with Gasteiger partial charge in [0, 0.05) is 22.3 Å². The van der Waals surface area contributed by atoms with Crippen LogP contribution in [-0.2, 0) is 22.4 Å². The summed E-state index contributed by atoms with van der Waals surface area (Å²) >= 11 is 0. The number of carboxylic acid groups (broad SMARTS) is 1. The number of hydrogen-bond donors (Lipinski definition) is 3. The number of aliphatic carboxylic acids is 1. The fourth-order valence-electron chi connectivity index (χ4n) is 4.63. The highest BCUT2D eigenvalue weighted by atomic mass is 19.1. The van der Waals surface area contributed by atoms with Gasteiger partial charge in [-0.2, -0.15) is 0 Å². The summed E-state index contributed by atoms with van der Waals surface area (Å²) in [6.45, 7) is 1.87. The maximum atomic E-state index is 15.2. The van der Waals surface area contributed by atoms with E-state index in [2.05, 4.69) is 5.32 Å². The van der Waals surface area contributed by atoms with Gasteiger partial charge in [0.15, 0.2) is 0 Å². The molecular formula is C32H28FNO4. The van der Waals surface area contributed by atoms with E-state index in [-0.39, 0.29) is 25.5 Å². The number of fused-ring (bicyclic) bond motifs is 1. The quantitative estimate of drug-likeness (QED) is 0.244. The number of carboxylic acids is 1. The molecular weight excluding hydrogens is 481 g/mol. The minimum atomic E-state index is -0.899. The van der Waals surface area contributed by atoms with Gasteiger partial charge in [0.2, 0.25) is 0 Å². The molecule has 1 aliphatic rings. The Labute approximate surface area is 220 Å². The lowest BCUT2D eigenvalue weighted by Gasteiger charge is -2.10. The lowest BCUT2D eigenvalue weighted by atomic mass is 9.95. The van der Waals surface area contributed by atoms with Crippen LogP contribution in [0.5, 0.6) is 5.75 Å². The second-order valence-electron chi connectivity index (χ2n) is 9.08. The van der Waals surface area contributed by atoms with Crippen molar-refractivity contribution in [2.24, 2.45) is 0 Å². The van der Waals surface area contributed by atoms with Crippen molar-refractivity contribution in [1.29, 1.82) is 0 Å². The Bertz CT molecular complexity index is 1590.